The molecule has 146 valence electrons. The van der Waals surface area contributed by atoms with E-state index in [1.807, 2.05) is 55.8 Å². The fraction of sp³-hybridized carbons (Fsp3) is 0.300. The zero-order valence-electron chi connectivity index (χ0n) is 15.9. The van der Waals surface area contributed by atoms with Gasteiger partial charge in [0.25, 0.3) is 5.91 Å². The summed E-state index contributed by atoms with van der Waals surface area (Å²) in [6, 6.07) is 8.63. The van der Waals surface area contributed by atoms with Crippen molar-refractivity contribution in [1.82, 2.24) is 15.5 Å². The molecule has 0 bridgehead atoms. The lowest BCUT2D eigenvalue weighted by molar-refractivity contribution is -0.118. The van der Waals surface area contributed by atoms with Gasteiger partial charge in [-0.05, 0) is 42.3 Å². The van der Waals surface area contributed by atoms with E-state index in [1.165, 1.54) is 11.3 Å². The largest absolute Gasteiger partial charge is 0.340 e. The van der Waals surface area contributed by atoms with Crippen LogP contribution in [0, 0.1) is 12.8 Å². The maximum atomic E-state index is 12.8. The maximum Gasteiger partial charge on any atom is 0.252 e. The number of thiophene rings is 1. The number of carbonyl (C=O) groups excluding carboxylic acids is 2. The second-order valence-electron chi connectivity index (χ2n) is 6.88. The van der Waals surface area contributed by atoms with Gasteiger partial charge in [-0.15, -0.1) is 10.2 Å². The minimum Gasteiger partial charge on any atom is -0.340 e. The van der Waals surface area contributed by atoms with E-state index in [9.17, 15) is 9.59 Å². The van der Waals surface area contributed by atoms with Crippen molar-refractivity contribution in [2.24, 2.45) is 5.92 Å². The summed E-state index contributed by atoms with van der Waals surface area (Å²) in [5, 5.41) is 19.0. The second-order valence-corrected chi connectivity index (χ2v) is 8.64. The molecule has 1 atom stereocenters. The molecular formula is C20H22N4O2S2. The molecule has 0 radical (unpaired) electrons. The average molecular weight is 415 g/mol. The normalized spacial score (nSPS) is 12.0. The van der Waals surface area contributed by atoms with Crippen LogP contribution >= 0.6 is 22.7 Å². The lowest BCUT2D eigenvalue weighted by atomic mass is 10.0. The van der Waals surface area contributed by atoms with Crippen LogP contribution in [0.1, 0.15) is 36.2 Å². The van der Waals surface area contributed by atoms with Gasteiger partial charge in [-0.1, -0.05) is 43.4 Å². The Morgan fingerprint density at radius 2 is 1.93 bits per heavy atom. The monoisotopic (exact) mass is 414 g/mol. The fourth-order valence-electron chi connectivity index (χ4n) is 2.74. The topological polar surface area (TPSA) is 84.0 Å². The van der Waals surface area contributed by atoms with Crippen molar-refractivity contribution in [3.63, 3.8) is 0 Å². The highest BCUT2D eigenvalue weighted by atomic mass is 32.1. The molecule has 0 aliphatic carbocycles. The summed E-state index contributed by atoms with van der Waals surface area (Å²) in [6.45, 7) is 5.90. The number of anilines is 1. The Morgan fingerprint density at radius 1 is 1.14 bits per heavy atom. The molecule has 2 heterocycles. The molecule has 0 spiro atoms. The number of rotatable bonds is 7. The van der Waals surface area contributed by atoms with Crippen LogP contribution < -0.4 is 10.6 Å². The van der Waals surface area contributed by atoms with Crippen LogP contribution in [0.2, 0.25) is 0 Å². The van der Waals surface area contributed by atoms with Crippen molar-refractivity contribution in [2.45, 2.75) is 33.2 Å². The Balaban J connectivity index is 1.71. The first kappa shape index (κ1) is 20.2. The van der Waals surface area contributed by atoms with Crippen molar-refractivity contribution in [2.75, 3.05) is 5.32 Å². The van der Waals surface area contributed by atoms with Crippen LogP contribution in [0.3, 0.4) is 0 Å². The van der Waals surface area contributed by atoms with E-state index >= 15 is 0 Å². The molecular weight excluding hydrogens is 392 g/mol. The first-order chi connectivity index (χ1) is 13.4. The van der Waals surface area contributed by atoms with Crippen molar-refractivity contribution in [3.05, 3.63) is 52.2 Å². The summed E-state index contributed by atoms with van der Waals surface area (Å²) in [4.78, 5) is 25.5. The lowest BCUT2D eigenvalue weighted by Gasteiger charge is -2.20. The maximum absolute atomic E-state index is 12.8. The number of hydrogen-bond donors (Lipinski definition) is 2. The van der Waals surface area contributed by atoms with Gasteiger partial charge >= 0.3 is 0 Å². The van der Waals surface area contributed by atoms with Gasteiger partial charge in [0.15, 0.2) is 0 Å². The van der Waals surface area contributed by atoms with Gasteiger partial charge in [-0.25, -0.2) is 0 Å². The van der Waals surface area contributed by atoms with Crippen molar-refractivity contribution >= 4 is 39.6 Å². The lowest BCUT2D eigenvalue weighted by Crippen LogP contribution is -2.44. The summed E-state index contributed by atoms with van der Waals surface area (Å²) in [5.41, 5.74) is 2.42. The van der Waals surface area contributed by atoms with Crippen LogP contribution in [-0.4, -0.2) is 28.1 Å². The summed E-state index contributed by atoms with van der Waals surface area (Å²) in [7, 11) is 0. The van der Waals surface area contributed by atoms with Gasteiger partial charge in [0.1, 0.15) is 11.0 Å². The summed E-state index contributed by atoms with van der Waals surface area (Å²) in [5.74, 6) is -0.303. The SMILES string of the molecule is Cc1ccccc1C(=O)NC(CC(C)C)C(=O)Nc1nnc(-c2ccsc2)s1. The van der Waals surface area contributed by atoms with Crippen LogP contribution in [0.25, 0.3) is 10.6 Å². The Hall–Kier alpha value is -2.58. The number of hydrogen-bond acceptors (Lipinski definition) is 6. The number of carbonyl (C=O) groups is 2. The molecule has 6 nitrogen and oxygen atoms in total. The predicted octanol–water partition coefficient (Wildman–Crippen LogP) is 4.36. The standard InChI is InChI=1S/C20H22N4O2S2/c1-12(2)10-16(21-17(25)15-7-5-4-6-13(15)3)18(26)22-20-24-23-19(28-20)14-8-9-27-11-14/h4-9,11-12,16H,10H2,1-3H3,(H,21,25)(H,22,24,26). The Kier molecular flexibility index (Phi) is 6.53. The Morgan fingerprint density at radius 3 is 2.61 bits per heavy atom. The second kappa shape index (κ2) is 9.07. The van der Waals surface area contributed by atoms with Gasteiger partial charge in [0.05, 0.1) is 0 Å². The highest BCUT2D eigenvalue weighted by Crippen LogP contribution is 2.28. The van der Waals surface area contributed by atoms with Crippen LogP contribution in [0.4, 0.5) is 5.13 Å². The van der Waals surface area contributed by atoms with Crippen molar-refractivity contribution < 1.29 is 9.59 Å². The van der Waals surface area contributed by atoms with Crippen molar-refractivity contribution in [3.8, 4) is 10.6 Å². The quantitative estimate of drug-likeness (QED) is 0.602. The molecule has 2 N–H and O–H groups in total. The molecule has 3 aromatic rings. The zero-order chi connectivity index (χ0) is 20.1. The van der Waals surface area contributed by atoms with Crippen LogP contribution in [0.15, 0.2) is 41.1 Å². The van der Waals surface area contributed by atoms with Crippen molar-refractivity contribution in [1.29, 1.82) is 0 Å². The highest BCUT2D eigenvalue weighted by Gasteiger charge is 2.24. The molecule has 2 amide bonds. The molecule has 0 aliphatic rings. The van der Waals surface area contributed by atoms with Crippen LogP contribution in [0.5, 0.6) is 0 Å². The molecule has 0 saturated carbocycles. The van der Waals surface area contributed by atoms with Gasteiger partial charge in [0, 0.05) is 16.5 Å². The molecule has 0 saturated heterocycles. The Bertz CT molecular complexity index is 951. The molecule has 8 heteroatoms. The van der Waals surface area contributed by atoms with E-state index in [0.29, 0.717) is 17.1 Å². The number of nitrogens with zero attached hydrogens (tertiary/aromatic N) is 2. The number of benzene rings is 1. The highest BCUT2D eigenvalue weighted by molar-refractivity contribution is 7.19. The van der Waals surface area contributed by atoms with E-state index in [0.717, 1.165) is 16.1 Å². The molecule has 1 unspecified atom stereocenters. The summed E-state index contributed by atoms with van der Waals surface area (Å²) < 4.78 is 0. The predicted molar refractivity (Wildman–Crippen MR) is 114 cm³/mol. The fourth-order valence-corrected chi connectivity index (χ4v) is 4.19. The minimum absolute atomic E-state index is 0.240. The molecule has 0 fully saturated rings. The zero-order valence-corrected chi connectivity index (χ0v) is 17.6. The molecule has 3 rings (SSSR count). The van der Waals surface area contributed by atoms with Gasteiger partial charge < -0.3 is 5.32 Å². The average Bonchev–Trinajstić information content (AvgIpc) is 3.32. The summed E-state index contributed by atoms with van der Waals surface area (Å²) in [6.07, 6.45) is 0.527. The number of nitrogens with one attached hydrogen (secondary N) is 2. The van der Waals surface area contributed by atoms with Crippen LogP contribution in [-0.2, 0) is 4.79 Å². The van der Waals surface area contributed by atoms with Gasteiger partial charge in [-0.2, -0.15) is 11.3 Å². The molecule has 0 aliphatic heterocycles. The van der Waals surface area contributed by atoms with E-state index < -0.39 is 6.04 Å². The minimum atomic E-state index is -0.652. The number of aryl methyl sites for hydroxylation is 1. The van der Waals surface area contributed by atoms with E-state index in [-0.39, 0.29) is 17.7 Å². The van der Waals surface area contributed by atoms with E-state index in [1.54, 1.807) is 17.4 Å². The first-order valence-electron chi connectivity index (χ1n) is 8.97. The molecule has 28 heavy (non-hydrogen) atoms. The molecule has 2 aromatic heterocycles. The molecule has 1 aromatic carbocycles. The number of amides is 2. The van der Waals surface area contributed by atoms with E-state index in [2.05, 4.69) is 20.8 Å². The van der Waals surface area contributed by atoms with E-state index in [4.69, 9.17) is 0 Å². The third kappa shape index (κ3) is 5.02. The third-order valence-corrected chi connectivity index (χ3v) is 5.71. The first-order valence-corrected chi connectivity index (χ1v) is 10.7. The third-order valence-electron chi connectivity index (χ3n) is 4.14. The smallest absolute Gasteiger partial charge is 0.252 e. The van der Waals surface area contributed by atoms with Gasteiger partial charge in [-0.3, -0.25) is 14.9 Å². The summed E-state index contributed by atoms with van der Waals surface area (Å²) >= 11 is 2.89. The Labute approximate surface area is 172 Å². The van der Waals surface area contributed by atoms with Gasteiger partial charge in [0.2, 0.25) is 11.0 Å². The number of aromatic nitrogens is 2.